The molecule has 1 heterocycles. The molecule has 0 saturated carbocycles. The minimum atomic E-state index is -0.657. The summed E-state index contributed by atoms with van der Waals surface area (Å²) in [5, 5.41) is 8.69. The van der Waals surface area contributed by atoms with Crippen molar-refractivity contribution in [2.75, 3.05) is 19.6 Å². The molecule has 1 rings (SSSR count). The monoisotopic (exact) mass is 241 g/mol. The van der Waals surface area contributed by atoms with Crippen LogP contribution in [-0.4, -0.2) is 35.6 Å². The minimum absolute atomic E-state index is 0.329. The van der Waals surface area contributed by atoms with Gasteiger partial charge in [-0.3, -0.25) is 4.79 Å². The highest BCUT2D eigenvalue weighted by Gasteiger charge is 2.17. The third-order valence-corrected chi connectivity index (χ3v) is 4.07. The number of nitrogens with zero attached hydrogens (tertiary/aromatic N) is 1. The van der Waals surface area contributed by atoms with Gasteiger partial charge < -0.3 is 10.0 Å². The molecule has 0 radical (unpaired) electrons. The van der Waals surface area contributed by atoms with Crippen LogP contribution in [0.3, 0.4) is 0 Å². The summed E-state index contributed by atoms with van der Waals surface area (Å²) in [6.07, 6.45) is 6.10. The molecular formula is C14H27NO2. The molecule has 0 spiro atoms. The van der Waals surface area contributed by atoms with Gasteiger partial charge in [0.1, 0.15) is 0 Å². The van der Waals surface area contributed by atoms with Gasteiger partial charge in [0.05, 0.1) is 0 Å². The molecule has 0 amide bonds. The van der Waals surface area contributed by atoms with Crippen LogP contribution in [0.25, 0.3) is 0 Å². The Balaban J connectivity index is 2.16. The van der Waals surface area contributed by atoms with Crippen molar-refractivity contribution in [3.8, 4) is 0 Å². The molecule has 0 aromatic rings. The molecule has 1 unspecified atom stereocenters. The summed E-state index contributed by atoms with van der Waals surface area (Å²) in [7, 11) is 0. The number of carboxylic acid groups (broad SMARTS) is 1. The van der Waals surface area contributed by atoms with Gasteiger partial charge in [0.2, 0.25) is 0 Å². The van der Waals surface area contributed by atoms with Gasteiger partial charge in [-0.05, 0) is 57.2 Å². The summed E-state index contributed by atoms with van der Waals surface area (Å²) in [6, 6.07) is 0. The first kappa shape index (κ1) is 14.5. The highest BCUT2D eigenvalue weighted by Crippen LogP contribution is 2.20. The first-order valence-corrected chi connectivity index (χ1v) is 7.06. The number of hydrogen-bond donors (Lipinski definition) is 1. The van der Waals surface area contributed by atoms with Gasteiger partial charge in [-0.25, -0.2) is 0 Å². The lowest BCUT2D eigenvalue weighted by atomic mass is 9.95. The molecular weight excluding hydrogens is 214 g/mol. The molecule has 0 aliphatic carbocycles. The third-order valence-electron chi connectivity index (χ3n) is 4.07. The number of carboxylic acids is 1. The molecule has 1 aliphatic rings. The smallest absolute Gasteiger partial charge is 0.303 e. The summed E-state index contributed by atoms with van der Waals surface area (Å²) in [4.78, 5) is 13.1. The van der Waals surface area contributed by atoms with E-state index >= 15 is 0 Å². The number of likely N-dealkylation sites (tertiary alicyclic amines) is 1. The largest absolute Gasteiger partial charge is 0.481 e. The number of piperidine rings is 1. The van der Waals surface area contributed by atoms with Crippen molar-refractivity contribution in [3.63, 3.8) is 0 Å². The van der Waals surface area contributed by atoms with Crippen LogP contribution in [0, 0.1) is 11.8 Å². The fourth-order valence-corrected chi connectivity index (χ4v) is 2.53. The molecule has 3 heteroatoms. The van der Waals surface area contributed by atoms with Crippen molar-refractivity contribution in [1.82, 2.24) is 4.90 Å². The molecule has 0 aromatic heterocycles. The maximum Gasteiger partial charge on any atom is 0.303 e. The maximum absolute atomic E-state index is 10.6. The van der Waals surface area contributed by atoms with Crippen molar-refractivity contribution in [2.24, 2.45) is 11.8 Å². The average Bonchev–Trinajstić information content (AvgIpc) is 2.31. The van der Waals surface area contributed by atoms with Crippen molar-refractivity contribution in [1.29, 1.82) is 0 Å². The highest BCUT2D eigenvalue weighted by molar-refractivity contribution is 5.66. The van der Waals surface area contributed by atoms with Gasteiger partial charge in [-0.2, -0.15) is 0 Å². The summed E-state index contributed by atoms with van der Waals surface area (Å²) < 4.78 is 0. The van der Waals surface area contributed by atoms with Crippen LogP contribution in [0.5, 0.6) is 0 Å². The molecule has 1 fully saturated rings. The van der Waals surface area contributed by atoms with Crippen molar-refractivity contribution < 1.29 is 9.90 Å². The first-order chi connectivity index (χ1) is 8.11. The van der Waals surface area contributed by atoms with Gasteiger partial charge >= 0.3 is 5.97 Å². The van der Waals surface area contributed by atoms with E-state index in [4.69, 9.17) is 5.11 Å². The predicted molar refractivity (Wildman–Crippen MR) is 70.1 cm³/mol. The van der Waals surface area contributed by atoms with E-state index in [1.165, 1.54) is 25.9 Å². The molecule has 1 N–H and O–H groups in total. The normalized spacial score (nSPS) is 20.4. The van der Waals surface area contributed by atoms with Crippen LogP contribution in [0.15, 0.2) is 0 Å². The second-order valence-corrected chi connectivity index (χ2v) is 5.52. The van der Waals surface area contributed by atoms with Gasteiger partial charge in [0, 0.05) is 6.42 Å². The zero-order valence-electron chi connectivity index (χ0n) is 11.3. The zero-order chi connectivity index (χ0) is 12.7. The van der Waals surface area contributed by atoms with E-state index in [1.807, 2.05) is 0 Å². The second-order valence-electron chi connectivity index (χ2n) is 5.52. The Morgan fingerprint density at radius 3 is 2.53 bits per heavy atom. The van der Waals surface area contributed by atoms with Crippen molar-refractivity contribution >= 4 is 5.97 Å². The highest BCUT2D eigenvalue weighted by atomic mass is 16.4. The van der Waals surface area contributed by atoms with E-state index in [1.54, 1.807) is 0 Å². The molecule has 1 aliphatic heterocycles. The Hall–Kier alpha value is -0.570. The molecule has 1 atom stereocenters. The molecule has 1 saturated heterocycles. The topological polar surface area (TPSA) is 40.5 Å². The summed E-state index contributed by atoms with van der Waals surface area (Å²) in [6.45, 7) is 8.13. The number of carbonyl (C=O) groups is 1. The lowest BCUT2D eigenvalue weighted by Crippen LogP contribution is -2.34. The Morgan fingerprint density at radius 2 is 2.00 bits per heavy atom. The van der Waals surface area contributed by atoms with Gasteiger partial charge in [-0.1, -0.05) is 20.3 Å². The van der Waals surface area contributed by atoms with Crippen LogP contribution >= 0.6 is 0 Å². The number of hydrogen-bond acceptors (Lipinski definition) is 2. The van der Waals surface area contributed by atoms with E-state index in [0.717, 1.165) is 31.7 Å². The van der Waals surface area contributed by atoms with Crippen LogP contribution in [0.2, 0.25) is 0 Å². The van der Waals surface area contributed by atoms with Crippen LogP contribution in [-0.2, 0) is 4.79 Å². The molecule has 3 nitrogen and oxygen atoms in total. The first-order valence-electron chi connectivity index (χ1n) is 7.06. The van der Waals surface area contributed by atoms with E-state index in [-0.39, 0.29) is 0 Å². The predicted octanol–water partition coefficient (Wildman–Crippen LogP) is 3.00. The van der Waals surface area contributed by atoms with Crippen molar-refractivity contribution in [2.45, 2.75) is 52.4 Å². The molecule has 100 valence electrons. The zero-order valence-corrected chi connectivity index (χ0v) is 11.3. The fourth-order valence-electron chi connectivity index (χ4n) is 2.53. The van der Waals surface area contributed by atoms with E-state index in [9.17, 15) is 4.79 Å². The van der Waals surface area contributed by atoms with Gasteiger partial charge in [0.25, 0.3) is 0 Å². The SMILES string of the molecule is CCC(CCC(=O)O)CCN1CCC(C)CC1. The van der Waals surface area contributed by atoms with Crippen LogP contribution in [0.1, 0.15) is 52.4 Å². The lowest BCUT2D eigenvalue weighted by Gasteiger charge is -2.31. The Bertz CT molecular complexity index is 222. The maximum atomic E-state index is 10.6. The summed E-state index contributed by atoms with van der Waals surface area (Å²) in [5.74, 6) is 0.820. The minimum Gasteiger partial charge on any atom is -0.481 e. The summed E-state index contributed by atoms with van der Waals surface area (Å²) in [5.41, 5.74) is 0. The van der Waals surface area contributed by atoms with Crippen LogP contribution < -0.4 is 0 Å². The Morgan fingerprint density at radius 1 is 1.35 bits per heavy atom. The quantitative estimate of drug-likeness (QED) is 0.745. The van der Waals surface area contributed by atoms with E-state index in [0.29, 0.717) is 12.3 Å². The lowest BCUT2D eigenvalue weighted by molar-refractivity contribution is -0.137. The molecule has 0 aromatic carbocycles. The Labute approximate surface area is 105 Å². The van der Waals surface area contributed by atoms with Gasteiger partial charge in [0.15, 0.2) is 0 Å². The Kier molecular flexibility index (Phi) is 6.56. The van der Waals surface area contributed by atoms with Crippen molar-refractivity contribution in [3.05, 3.63) is 0 Å². The standard InChI is InChI=1S/C14H27NO2/c1-3-13(4-5-14(16)17)8-11-15-9-6-12(2)7-10-15/h12-13H,3-11H2,1-2H3,(H,16,17). The third kappa shape index (κ3) is 6.06. The second kappa shape index (κ2) is 7.70. The average molecular weight is 241 g/mol. The fraction of sp³-hybridized carbons (Fsp3) is 0.929. The summed E-state index contributed by atoms with van der Waals surface area (Å²) >= 11 is 0. The number of rotatable bonds is 7. The molecule has 17 heavy (non-hydrogen) atoms. The number of aliphatic carboxylic acids is 1. The van der Waals surface area contributed by atoms with Crippen LogP contribution in [0.4, 0.5) is 0 Å². The molecule has 0 bridgehead atoms. The van der Waals surface area contributed by atoms with Gasteiger partial charge in [-0.15, -0.1) is 0 Å². The van der Waals surface area contributed by atoms with E-state index in [2.05, 4.69) is 18.7 Å². The van der Waals surface area contributed by atoms with E-state index < -0.39 is 5.97 Å².